The number of para-hydroxylation sites is 3. The molecule has 0 aliphatic carbocycles. The number of hydrogen-bond acceptors (Lipinski definition) is 4. The summed E-state index contributed by atoms with van der Waals surface area (Å²) in [4.78, 5) is 21.6. The van der Waals surface area contributed by atoms with Gasteiger partial charge in [-0.2, -0.15) is 5.10 Å². The first kappa shape index (κ1) is 19.4. The molecule has 0 saturated carbocycles. The summed E-state index contributed by atoms with van der Waals surface area (Å²) in [6.45, 7) is 7.52. The summed E-state index contributed by atoms with van der Waals surface area (Å²) in [6, 6.07) is 18.1. The third kappa shape index (κ3) is 3.56. The molecule has 0 atom stereocenters. The van der Waals surface area contributed by atoms with E-state index in [1.807, 2.05) is 56.6 Å². The highest BCUT2D eigenvalue weighted by Crippen LogP contribution is 2.27. The lowest BCUT2D eigenvalue weighted by atomic mass is 10.2. The minimum Gasteiger partial charge on any atom is -0.365 e. The van der Waals surface area contributed by atoms with E-state index in [1.165, 1.54) is 5.69 Å². The molecule has 1 saturated heterocycles. The van der Waals surface area contributed by atoms with Crippen molar-refractivity contribution in [3.8, 4) is 5.69 Å². The molecule has 0 spiro atoms. The summed E-state index contributed by atoms with van der Waals surface area (Å²) in [5, 5.41) is 4.77. The Bertz CT molecular complexity index is 1220. The average Bonchev–Trinajstić information content (AvgIpc) is 3.34. The largest absolute Gasteiger partial charge is 0.365 e. The van der Waals surface area contributed by atoms with Crippen LogP contribution in [0.5, 0.6) is 0 Å². The lowest BCUT2D eigenvalue weighted by molar-refractivity contribution is -0.132. The van der Waals surface area contributed by atoms with Crippen molar-refractivity contribution in [1.29, 1.82) is 0 Å². The maximum absolute atomic E-state index is 12.9. The van der Waals surface area contributed by atoms with E-state index in [2.05, 4.69) is 35.9 Å². The van der Waals surface area contributed by atoms with Crippen LogP contribution in [0.25, 0.3) is 16.7 Å². The molecular weight excluding hydrogens is 388 g/mol. The Kier molecular flexibility index (Phi) is 4.94. The molecular formula is C24H26N6O. The highest BCUT2D eigenvalue weighted by molar-refractivity contribution is 5.80. The van der Waals surface area contributed by atoms with E-state index in [0.717, 1.165) is 41.2 Å². The molecule has 1 fully saturated rings. The van der Waals surface area contributed by atoms with E-state index in [0.29, 0.717) is 19.6 Å². The number of carbonyl (C=O) groups excluding carboxylic acids is 1. The van der Waals surface area contributed by atoms with Crippen molar-refractivity contribution < 1.29 is 4.79 Å². The fourth-order valence-electron chi connectivity index (χ4n) is 4.47. The van der Waals surface area contributed by atoms with E-state index in [1.54, 1.807) is 6.33 Å². The SMILES string of the molecule is Cc1nn(-c2ccccc2)c(C)c1N1CCN(C(=O)Cn2cnc3ccccc32)CC1. The monoisotopic (exact) mass is 414 g/mol. The number of amides is 1. The molecule has 0 N–H and O–H groups in total. The molecule has 7 heteroatoms. The number of aryl methyl sites for hydroxylation is 1. The maximum Gasteiger partial charge on any atom is 0.242 e. The number of anilines is 1. The van der Waals surface area contributed by atoms with Crippen molar-refractivity contribution in [1.82, 2.24) is 24.2 Å². The fraction of sp³-hybridized carbons (Fsp3) is 0.292. The Hall–Kier alpha value is -3.61. The number of aromatic nitrogens is 4. The topological polar surface area (TPSA) is 59.2 Å². The molecule has 5 rings (SSSR count). The van der Waals surface area contributed by atoms with Gasteiger partial charge in [0.05, 0.1) is 40.1 Å². The van der Waals surface area contributed by atoms with Crippen LogP contribution >= 0.6 is 0 Å². The van der Waals surface area contributed by atoms with E-state index in [4.69, 9.17) is 5.10 Å². The van der Waals surface area contributed by atoms with Gasteiger partial charge in [0, 0.05) is 26.2 Å². The summed E-state index contributed by atoms with van der Waals surface area (Å²) in [5.74, 6) is 0.135. The number of hydrogen-bond donors (Lipinski definition) is 0. The summed E-state index contributed by atoms with van der Waals surface area (Å²) in [7, 11) is 0. The molecule has 0 radical (unpaired) electrons. The van der Waals surface area contributed by atoms with Crippen LogP contribution in [0.1, 0.15) is 11.4 Å². The molecule has 2 aromatic heterocycles. The van der Waals surface area contributed by atoms with Crippen molar-refractivity contribution in [2.24, 2.45) is 0 Å². The predicted molar refractivity (Wildman–Crippen MR) is 122 cm³/mol. The molecule has 3 heterocycles. The zero-order valence-electron chi connectivity index (χ0n) is 17.9. The van der Waals surface area contributed by atoms with Gasteiger partial charge in [0.25, 0.3) is 0 Å². The minimum absolute atomic E-state index is 0.135. The van der Waals surface area contributed by atoms with Crippen LogP contribution < -0.4 is 4.90 Å². The summed E-state index contributed by atoms with van der Waals surface area (Å²) < 4.78 is 3.94. The van der Waals surface area contributed by atoms with Crippen LogP contribution in [0.4, 0.5) is 5.69 Å². The van der Waals surface area contributed by atoms with Gasteiger partial charge in [0.1, 0.15) is 6.54 Å². The van der Waals surface area contributed by atoms with Crippen LogP contribution in [0, 0.1) is 13.8 Å². The number of rotatable bonds is 4. The smallest absolute Gasteiger partial charge is 0.242 e. The number of benzene rings is 2. The molecule has 2 aromatic carbocycles. The second-order valence-corrected chi connectivity index (χ2v) is 8.00. The first-order chi connectivity index (χ1) is 15.1. The van der Waals surface area contributed by atoms with Crippen LogP contribution in [-0.2, 0) is 11.3 Å². The van der Waals surface area contributed by atoms with Crippen molar-refractivity contribution >= 4 is 22.6 Å². The fourth-order valence-corrected chi connectivity index (χ4v) is 4.47. The number of piperazine rings is 1. The number of fused-ring (bicyclic) bond motifs is 1. The Morgan fingerprint density at radius 1 is 0.935 bits per heavy atom. The van der Waals surface area contributed by atoms with Crippen LogP contribution in [0.3, 0.4) is 0 Å². The third-order valence-electron chi connectivity index (χ3n) is 6.04. The zero-order chi connectivity index (χ0) is 21.4. The van der Waals surface area contributed by atoms with Crippen molar-refractivity contribution in [2.45, 2.75) is 20.4 Å². The molecule has 31 heavy (non-hydrogen) atoms. The number of nitrogens with zero attached hydrogens (tertiary/aromatic N) is 6. The molecule has 1 aliphatic heterocycles. The van der Waals surface area contributed by atoms with Gasteiger partial charge in [0.2, 0.25) is 5.91 Å². The molecule has 4 aromatic rings. The molecule has 7 nitrogen and oxygen atoms in total. The zero-order valence-corrected chi connectivity index (χ0v) is 17.9. The van der Waals surface area contributed by atoms with Gasteiger partial charge in [-0.05, 0) is 38.1 Å². The second-order valence-electron chi connectivity index (χ2n) is 8.00. The van der Waals surface area contributed by atoms with E-state index in [9.17, 15) is 4.79 Å². The minimum atomic E-state index is 0.135. The molecule has 1 amide bonds. The molecule has 0 unspecified atom stereocenters. The number of carbonyl (C=O) groups is 1. The molecule has 158 valence electrons. The first-order valence-corrected chi connectivity index (χ1v) is 10.7. The standard InChI is InChI=1S/C24H26N6O/c1-18-24(19(2)30(26-18)20-8-4-3-5-9-20)28-14-12-27(13-15-28)23(31)16-29-17-25-21-10-6-7-11-22(21)29/h3-11,17H,12-16H2,1-2H3. The second kappa shape index (κ2) is 7.91. The van der Waals surface area contributed by atoms with Gasteiger partial charge < -0.3 is 14.4 Å². The molecule has 1 aliphatic rings. The van der Waals surface area contributed by atoms with Crippen molar-refractivity contribution in [2.75, 3.05) is 31.1 Å². The van der Waals surface area contributed by atoms with E-state index >= 15 is 0 Å². The Balaban J connectivity index is 1.27. The highest BCUT2D eigenvalue weighted by atomic mass is 16.2. The Morgan fingerprint density at radius 3 is 2.42 bits per heavy atom. The lowest BCUT2D eigenvalue weighted by Crippen LogP contribution is -2.49. The van der Waals surface area contributed by atoms with E-state index in [-0.39, 0.29) is 5.91 Å². The van der Waals surface area contributed by atoms with Crippen molar-refractivity contribution in [3.05, 3.63) is 72.3 Å². The summed E-state index contributed by atoms with van der Waals surface area (Å²) in [6.07, 6.45) is 1.75. The normalized spacial score (nSPS) is 14.4. The lowest BCUT2D eigenvalue weighted by Gasteiger charge is -2.36. The van der Waals surface area contributed by atoms with Gasteiger partial charge in [-0.3, -0.25) is 4.79 Å². The molecule has 0 bridgehead atoms. The van der Waals surface area contributed by atoms with Gasteiger partial charge in [-0.25, -0.2) is 9.67 Å². The van der Waals surface area contributed by atoms with Gasteiger partial charge in [-0.1, -0.05) is 30.3 Å². The predicted octanol–water partition coefficient (Wildman–Crippen LogP) is 3.19. The van der Waals surface area contributed by atoms with Crippen LogP contribution in [0.15, 0.2) is 60.9 Å². The maximum atomic E-state index is 12.9. The van der Waals surface area contributed by atoms with Crippen LogP contribution in [0.2, 0.25) is 0 Å². The van der Waals surface area contributed by atoms with Gasteiger partial charge in [-0.15, -0.1) is 0 Å². The van der Waals surface area contributed by atoms with Gasteiger partial charge >= 0.3 is 0 Å². The third-order valence-corrected chi connectivity index (χ3v) is 6.04. The number of imidazole rings is 1. The summed E-state index contributed by atoms with van der Waals surface area (Å²) >= 11 is 0. The Morgan fingerprint density at radius 2 is 1.65 bits per heavy atom. The van der Waals surface area contributed by atoms with Crippen LogP contribution in [-0.4, -0.2) is 56.3 Å². The highest BCUT2D eigenvalue weighted by Gasteiger charge is 2.25. The van der Waals surface area contributed by atoms with Crippen molar-refractivity contribution in [3.63, 3.8) is 0 Å². The first-order valence-electron chi connectivity index (χ1n) is 10.7. The average molecular weight is 415 g/mol. The Labute approximate surface area is 181 Å². The van der Waals surface area contributed by atoms with E-state index < -0.39 is 0 Å². The quantitative estimate of drug-likeness (QED) is 0.515. The summed E-state index contributed by atoms with van der Waals surface area (Å²) in [5.41, 5.74) is 6.31. The van der Waals surface area contributed by atoms with Gasteiger partial charge in [0.15, 0.2) is 0 Å².